The first-order chi connectivity index (χ1) is 13.7. The molecule has 2 aromatic heterocycles. The Bertz CT molecular complexity index is 993. The Morgan fingerprint density at radius 1 is 1.14 bits per heavy atom. The molecule has 1 aromatic carbocycles. The number of aromatic nitrogens is 3. The second-order valence-corrected chi connectivity index (χ2v) is 8.90. The van der Waals surface area contributed by atoms with E-state index in [1.807, 2.05) is 37.3 Å². The van der Waals surface area contributed by atoms with Crippen molar-refractivity contribution in [2.75, 3.05) is 30.4 Å². The number of anilines is 2. The molecule has 0 amide bonds. The maximum absolute atomic E-state index is 12.3. The van der Waals surface area contributed by atoms with Gasteiger partial charge in [-0.3, -0.25) is 4.98 Å². The highest BCUT2D eigenvalue weighted by Gasteiger charge is 2.49. The van der Waals surface area contributed by atoms with Crippen LogP contribution in [-0.4, -0.2) is 45.0 Å². The van der Waals surface area contributed by atoms with Gasteiger partial charge in [0.15, 0.2) is 4.90 Å². The van der Waals surface area contributed by atoms with Gasteiger partial charge in [0.2, 0.25) is 5.95 Å². The van der Waals surface area contributed by atoms with E-state index in [9.17, 15) is 4.55 Å². The van der Waals surface area contributed by atoms with E-state index in [4.69, 9.17) is 4.74 Å². The van der Waals surface area contributed by atoms with Gasteiger partial charge in [0.25, 0.3) is 0 Å². The molecule has 5 rings (SSSR count). The van der Waals surface area contributed by atoms with Crippen LogP contribution < -0.4 is 4.90 Å². The van der Waals surface area contributed by atoms with Crippen LogP contribution in [0.25, 0.3) is 11.3 Å². The van der Waals surface area contributed by atoms with Crippen molar-refractivity contribution in [3.8, 4) is 11.3 Å². The quantitative estimate of drug-likeness (QED) is 0.635. The fourth-order valence-corrected chi connectivity index (χ4v) is 4.66. The molecule has 28 heavy (non-hydrogen) atoms. The Hall–Kier alpha value is -2.48. The van der Waals surface area contributed by atoms with Crippen LogP contribution in [0.2, 0.25) is 0 Å². The Labute approximate surface area is 166 Å². The van der Waals surface area contributed by atoms with Gasteiger partial charge in [0, 0.05) is 36.8 Å². The summed E-state index contributed by atoms with van der Waals surface area (Å²) >= 11 is -0.998. The molecule has 0 radical (unpaired) electrons. The van der Waals surface area contributed by atoms with Crippen molar-refractivity contribution in [2.45, 2.75) is 17.2 Å². The third-order valence-corrected chi connectivity index (χ3v) is 6.72. The second kappa shape index (κ2) is 6.84. The Morgan fingerprint density at radius 3 is 2.61 bits per heavy atom. The molecule has 0 bridgehead atoms. The summed E-state index contributed by atoms with van der Waals surface area (Å²) in [6.45, 7) is 4.09. The predicted molar refractivity (Wildman–Crippen MR) is 108 cm³/mol. The maximum Gasteiger partial charge on any atom is 0.229 e. The predicted octanol–water partition coefficient (Wildman–Crippen LogP) is 3.09. The number of rotatable bonds is 4. The molecule has 1 saturated heterocycles. The van der Waals surface area contributed by atoms with Crippen LogP contribution in [0.4, 0.5) is 11.6 Å². The minimum Gasteiger partial charge on any atom is -0.611 e. The van der Waals surface area contributed by atoms with E-state index in [0.29, 0.717) is 24.9 Å². The standard InChI is InChI=1S/C21H20N4O2S/c1-2-28(26)16-6-7-17-19(9-16)25(12-21(17)13-27-14-21)20-23-10-15(11-24-20)18-5-3-4-8-22-18/h3-11H,2,12-14H2,1H3/t28-/m0/s1. The largest absolute Gasteiger partial charge is 0.611 e. The lowest BCUT2D eigenvalue weighted by Crippen LogP contribution is -2.49. The average Bonchev–Trinajstić information content (AvgIpc) is 3.09. The Balaban J connectivity index is 1.52. The van der Waals surface area contributed by atoms with Crippen molar-refractivity contribution in [3.05, 3.63) is 60.6 Å². The van der Waals surface area contributed by atoms with Crippen LogP contribution in [-0.2, 0) is 21.3 Å². The van der Waals surface area contributed by atoms with E-state index in [1.54, 1.807) is 18.6 Å². The molecular weight excluding hydrogens is 372 g/mol. The van der Waals surface area contributed by atoms with Gasteiger partial charge in [-0.05, 0) is 41.9 Å². The van der Waals surface area contributed by atoms with Gasteiger partial charge in [-0.2, -0.15) is 0 Å². The molecule has 3 aromatic rings. The lowest BCUT2D eigenvalue weighted by atomic mass is 9.81. The summed E-state index contributed by atoms with van der Waals surface area (Å²) in [5.74, 6) is 1.24. The minimum absolute atomic E-state index is 0.0232. The molecule has 142 valence electrons. The van der Waals surface area contributed by atoms with Crippen LogP contribution in [0, 0.1) is 0 Å². The van der Waals surface area contributed by atoms with Crippen molar-refractivity contribution in [1.82, 2.24) is 15.0 Å². The highest BCUT2D eigenvalue weighted by molar-refractivity contribution is 7.91. The minimum atomic E-state index is -0.998. The zero-order valence-electron chi connectivity index (χ0n) is 15.5. The van der Waals surface area contributed by atoms with Crippen LogP contribution in [0.1, 0.15) is 12.5 Å². The number of hydrogen-bond donors (Lipinski definition) is 0. The van der Waals surface area contributed by atoms with Crippen molar-refractivity contribution in [1.29, 1.82) is 0 Å². The molecule has 0 N–H and O–H groups in total. The molecule has 1 atom stereocenters. The summed E-state index contributed by atoms with van der Waals surface area (Å²) in [6, 6.07) is 11.9. The smallest absolute Gasteiger partial charge is 0.229 e. The zero-order chi connectivity index (χ0) is 19.1. The first kappa shape index (κ1) is 17.6. The molecule has 0 aliphatic carbocycles. The first-order valence-corrected chi connectivity index (χ1v) is 10.6. The number of benzene rings is 1. The van der Waals surface area contributed by atoms with Crippen molar-refractivity contribution in [2.24, 2.45) is 0 Å². The maximum atomic E-state index is 12.3. The van der Waals surface area contributed by atoms with Crippen LogP contribution in [0.5, 0.6) is 0 Å². The Kier molecular flexibility index (Phi) is 4.30. The monoisotopic (exact) mass is 392 g/mol. The normalized spacial score (nSPS) is 18.0. The summed E-state index contributed by atoms with van der Waals surface area (Å²) in [6.07, 6.45) is 5.37. The zero-order valence-corrected chi connectivity index (χ0v) is 16.4. The summed E-state index contributed by atoms with van der Waals surface area (Å²) in [5.41, 5.74) is 3.97. The number of fused-ring (bicyclic) bond motifs is 2. The number of pyridine rings is 1. The van der Waals surface area contributed by atoms with Crippen LogP contribution >= 0.6 is 0 Å². The van der Waals surface area contributed by atoms with Gasteiger partial charge in [0.1, 0.15) is 5.75 Å². The van der Waals surface area contributed by atoms with E-state index < -0.39 is 11.2 Å². The molecule has 0 saturated carbocycles. The molecular formula is C21H20N4O2S. The molecule has 2 aliphatic rings. The van der Waals surface area contributed by atoms with Crippen molar-refractivity contribution >= 4 is 22.8 Å². The van der Waals surface area contributed by atoms with Gasteiger partial charge < -0.3 is 14.2 Å². The lowest BCUT2D eigenvalue weighted by molar-refractivity contribution is -0.0507. The third kappa shape index (κ3) is 2.78. The molecule has 7 heteroatoms. The van der Waals surface area contributed by atoms with Crippen LogP contribution in [0.15, 0.2) is 59.9 Å². The summed E-state index contributed by atoms with van der Waals surface area (Å²) in [4.78, 5) is 16.5. The molecule has 4 heterocycles. The van der Waals surface area contributed by atoms with E-state index in [-0.39, 0.29) is 5.41 Å². The summed E-state index contributed by atoms with van der Waals surface area (Å²) in [5, 5.41) is 0. The molecule has 2 aliphatic heterocycles. The van der Waals surface area contributed by atoms with E-state index in [2.05, 4.69) is 25.9 Å². The lowest BCUT2D eigenvalue weighted by Gasteiger charge is -2.38. The molecule has 6 nitrogen and oxygen atoms in total. The Morgan fingerprint density at radius 2 is 1.96 bits per heavy atom. The van der Waals surface area contributed by atoms with Gasteiger partial charge in [0.05, 0.1) is 30.0 Å². The summed E-state index contributed by atoms with van der Waals surface area (Å²) in [7, 11) is 0. The number of hydrogen-bond acceptors (Lipinski definition) is 6. The first-order valence-electron chi connectivity index (χ1n) is 9.32. The van der Waals surface area contributed by atoms with Gasteiger partial charge in [-0.25, -0.2) is 9.97 Å². The molecule has 0 unspecified atom stereocenters. The van der Waals surface area contributed by atoms with E-state index >= 15 is 0 Å². The fraction of sp³-hybridized carbons (Fsp3) is 0.286. The van der Waals surface area contributed by atoms with Crippen LogP contribution in [0.3, 0.4) is 0 Å². The number of nitrogens with zero attached hydrogens (tertiary/aromatic N) is 4. The van der Waals surface area contributed by atoms with Crippen molar-refractivity contribution < 1.29 is 9.29 Å². The topological polar surface area (TPSA) is 74.2 Å². The van der Waals surface area contributed by atoms with Gasteiger partial charge in [-0.15, -0.1) is 0 Å². The van der Waals surface area contributed by atoms with Crippen molar-refractivity contribution in [3.63, 3.8) is 0 Å². The van der Waals surface area contributed by atoms with Gasteiger partial charge in [-0.1, -0.05) is 12.1 Å². The molecule has 1 fully saturated rings. The second-order valence-electron chi connectivity index (χ2n) is 7.16. The third-order valence-electron chi connectivity index (χ3n) is 5.41. The van der Waals surface area contributed by atoms with E-state index in [0.717, 1.165) is 28.4 Å². The van der Waals surface area contributed by atoms with Gasteiger partial charge >= 0.3 is 0 Å². The molecule has 1 spiro atoms. The average molecular weight is 392 g/mol. The highest BCUT2D eigenvalue weighted by atomic mass is 32.2. The fourth-order valence-electron chi connectivity index (χ4n) is 3.86. The van der Waals surface area contributed by atoms with E-state index in [1.165, 1.54) is 5.56 Å². The highest BCUT2D eigenvalue weighted by Crippen LogP contribution is 2.48. The number of ether oxygens (including phenoxy) is 1. The SMILES string of the molecule is CC[S@+]([O-])c1ccc2c(c1)N(c1ncc(-c3ccccn3)cn1)CC21COC1. The summed E-state index contributed by atoms with van der Waals surface area (Å²) < 4.78 is 17.9.